The Kier molecular flexibility index (Phi) is 4.04. The molecule has 0 saturated heterocycles. The number of methoxy groups -OCH3 is 1. The second-order valence-electron chi connectivity index (χ2n) is 4.61. The third-order valence-corrected chi connectivity index (χ3v) is 3.49. The normalized spacial score (nSPS) is 13.8. The molecule has 0 radical (unpaired) electrons. The van der Waals surface area contributed by atoms with Crippen LogP contribution in [-0.4, -0.2) is 42.2 Å². The van der Waals surface area contributed by atoms with E-state index in [1.165, 1.54) is 19.2 Å². The molecule has 0 aromatic heterocycles. The van der Waals surface area contributed by atoms with Crippen molar-refractivity contribution in [2.24, 2.45) is 0 Å². The number of halogens is 1. The number of carbonyl (C=O) groups is 2. The lowest BCUT2D eigenvalue weighted by Crippen LogP contribution is -2.33. The van der Waals surface area contributed by atoms with Crippen LogP contribution in [0.3, 0.4) is 0 Å². The zero-order chi connectivity index (χ0) is 14.9. The van der Waals surface area contributed by atoms with E-state index in [0.29, 0.717) is 5.69 Å². The fourth-order valence-electron chi connectivity index (χ4n) is 1.82. The van der Waals surface area contributed by atoms with Crippen molar-refractivity contribution < 1.29 is 19.4 Å². The number of hydrogen-bond acceptors (Lipinski definition) is 3. The smallest absolute Gasteiger partial charge is 0.339 e. The molecular formula is C13H15ClN2O4. The van der Waals surface area contributed by atoms with Crippen molar-refractivity contribution in [3.63, 3.8) is 0 Å². The molecule has 2 N–H and O–H groups in total. The van der Waals surface area contributed by atoms with Crippen LogP contribution in [-0.2, 0) is 0 Å². The van der Waals surface area contributed by atoms with Crippen LogP contribution in [0.2, 0.25) is 5.02 Å². The van der Waals surface area contributed by atoms with E-state index < -0.39 is 5.97 Å². The Labute approximate surface area is 121 Å². The molecule has 1 aliphatic carbocycles. The van der Waals surface area contributed by atoms with Crippen LogP contribution in [0.4, 0.5) is 10.5 Å². The van der Waals surface area contributed by atoms with Gasteiger partial charge in [0.25, 0.3) is 0 Å². The Hall–Kier alpha value is -1.95. The van der Waals surface area contributed by atoms with Gasteiger partial charge in [0.15, 0.2) is 0 Å². The molecule has 2 rings (SSSR count). The maximum Gasteiger partial charge on any atom is 0.339 e. The summed E-state index contributed by atoms with van der Waals surface area (Å²) in [5.74, 6) is -0.997. The molecule has 1 aromatic carbocycles. The number of aromatic carboxylic acids is 1. The van der Waals surface area contributed by atoms with E-state index in [2.05, 4.69) is 5.32 Å². The molecule has 7 heteroatoms. The second kappa shape index (κ2) is 5.58. The Morgan fingerprint density at radius 1 is 1.45 bits per heavy atom. The molecule has 1 aromatic rings. The number of carboxylic acid groups (broad SMARTS) is 1. The predicted molar refractivity (Wildman–Crippen MR) is 74.8 cm³/mol. The lowest BCUT2D eigenvalue weighted by atomic mass is 10.2. The van der Waals surface area contributed by atoms with E-state index in [-0.39, 0.29) is 28.4 Å². The molecule has 2 amide bonds. The first kappa shape index (κ1) is 14.5. The second-order valence-corrected chi connectivity index (χ2v) is 5.02. The summed E-state index contributed by atoms with van der Waals surface area (Å²) >= 11 is 5.99. The number of carbonyl (C=O) groups excluding carboxylic acids is 1. The summed E-state index contributed by atoms with van der Waals surface area (Å²) in [7, 11) is 3.07. The van der Waals surface area contributed by atoms with E-state index in [1.54, 1.807) is 11.9 Å². The number of hydrogen-bond donors (Lipinski definition) is 2. The molecule has 0 bridgehead atoms. The van der Waals surface area contributed by atoms with Crippen LogP contribution in [0.25, 0.3) is 0 Å². The quantitative estimate of drug-likeness (QED) is 0.895. The number of nitrogens with zero attached hydrogens (tertiary/aromatic N) is 1. The van der Waals surface area contributed by atoms with Gasteiger partial charge in [-0.2, -0.15) is 0 Å². The van der Waals surface area contributed by atoms with Crippen molar-refractivity contribution in [3.05, 3.63) is 22.7 Å². The summed E-state index contributed by atoms with van der Waals surface area (Å²) < 4.78 is 5.00. The zero-order valence-corrected chi connectivity index (χ0v) is 11.9. The molecule has 0 heterocycles. The molecule has 0 atom stereocenters. The number of rotatable bonds is 4. The largest absolute Gasteiger partial charge is 0.496 e. The fourth-order valence-corrected chi connectivity index (χ4v) is 2.03. The minimum absolute atomic E-state index is 0.0500. The van der Waals surface area contributed by atoms with Crippen molar-refractivity contribution in [2.45, 2.75) is 18.9 Å². The van der Waals surface area contributed by atoms with Gasteiger partial charge in [-0.25, -0.2) is 9.59 Å². The number of ether oxygens (including phenoxy) is 1. The van der Waals surface area contributed by atoms with Gasteiger partial charge < -0.3 is 20.1 Å². The minimum atomic E-state index is -1.14. The van der Waals surface area contributed by atoms with Crippen LogP contribution in [0, 0.1) is 0 Å². The van der Waals surface area contributed by atoms with Crippen LogP contribution in [0.1, 0.15) is 23.2 Å². The molecule has 0 spiro atoms. The van der Waals surface area contributed by atoms with Gasteiger partial charge in [-0.1, -0.05) is 11.6 Å². The molecule has 0 aliphatic heterocycles. The fraction of sp³-hybridized carbons (Fsp3) is 0.385. The summed E-state index contributed by atoms with van der Waals surface area (Å²) in [5, 5.41) is 11.8. The number of carboxylic acids is 1. The van der Waals surface area contributed by atoms with Gasteiger partial charge in [-0.05, 0) is 18.9 Å². The van der Waals surface area contributed by atoms with Gasteiger partial charge in [0.05, 0.1) is 17.8 Å². The molecule has 6 nitrogen and oxygen atoms in total. The highest BCUT2D eigenvalue weighted by Crippen LogP contribution is 2.32. The number of nitrogens with one attached hydrogen (secondary N) is 1. The molecule has 20 heavy (non-hydrogen) atoms. The first-order valence-electron chi connectivity index (χ1n) is 6.08. The van der Waals surface area contributed by atoms with E-state index in [9.17, 15) is 9.59 Å². The number of urea groups is 1. The molecule has 1 aliphatic rings. The average molecular weight is 299 g/mol. The molecule has 0 unspecified atom stereocenters. The SMILES string of the molecule is COc1cc(NC(=O)N(C)C2CC2)c(Cl)cc1C(=O)O. The van der Waals surface area contributed by atoms with Gasteiger partial charge in [0.1, 0.15) is 11.3 Å². The summed E-state index contributed by atoms with van der Waals surface area (Å²) in [4.78, 5) is 24.6. The minimum Gasteiger partial charge on any atom is -0.496 e. The first-order valence-corrected chi connectivity index (χ1v) is 6.46. The lowest BCUT2D eigenvalue weighted by Gasteiger charge is -2.18. The summed E-state index contributed by atoms with van der Waals surface area (Å²) in [6.07, 6.45) is 2.00. The summed E-state index contributed by atoms with van der Waals surface area (Å²) in [5.41, 5.74) is 0.275. The van der Waals surface area contributed by atoms with Crippen molar-refractivity contribution >= 4 is 29.3 Å². The van der Waals surface area contributed by atoms with Gasteiger partial charge in [-0.3, -0.25) is 0 Å². The monoisotopic (exact) mass is 298 g/mol. The van der Waals surface area contributed by atoms with Crippen molar-refractivity contribution in [2.75, 3.05) is 19.5 Å². The zero-order valence-electron chi connectivity index (χ0n) is 11.1. The summed E-state index contributed by atoms with van der Waals surface area (Å²) in [6.45, 7) is 0. The van der Waals surface area contributed by atoms with E-state index in [0.717, 1.165) is 12.8 Å². The Bertz CT molecular complexity index is 558. The van der Waals surface area contributed by atoms with E-state index in [4.69, 9.17) is 21.4 Å². The van der Waals surface area contributed by atoms with Gasteiger partial charge in [0.2, 0.25) is 0 Å². The van der Waals surface area contributed by atoms with Crippen molar-refractivity contribution in [1.82, 2.24) is 4.90 Å². The van der Waals surface area contributed by atoms with Gasteiger partial charge >= 0.3 is 12.0 Å². The van der Waals surface area contributed by atoms with E-state index in [1.807, 2.05) is 0 Å². The Morgan fingerprint density at radius 2 is 2.10 bits per heavy atom. The maximum atomic E-state index is 12.0. The topological polar surface area (TPSA) is 78.9 Å². The molecule has 1 saturated carbocycles. The average Bonchev–Trinajstić information content (AvgIpc) is 3.23. The maximum absolute atomic E-state index is 12.0. The molecule has 108 valence electrons. The highest BCUT2D eigenvalue weighted by atomic mass is 35.5. The molecular weight excluding hydrogens is 284 g/mol. The third kappa shape index (κ3) is 2.96. The Balaban J connectivity index is 2.23. The number of anilines is 1. The Morgan fingerprint density at radius 3 is 2.60 bits per heavy atom. The molecule has 1 fully saturated rings. The number of benzene rings is 1. The van der Waals surface area contributed by atoms with E-state index >= 15 is 0 Å². The lowest BCUT2D eigenvalue weighted by molar-refractivity contribution is 0.0693. The third-order valence-electron chi connectivity index (χ3n) is 3.18. The standard InChI is InChI=1S/C13H15ClN2O4/c1-16(7-3-4-7)13(19)15-10-6-11(20-2)8(12(17)18)5-9(10)14/h5-7H,3-4H2,1-2H3,(H,15,19)(H,17,18). The highest BCUT2D eigenvalue weighted by Gasteiger charge is 2.30. The van der Waals surface area contributed by atoms with Gasteiger partial charge in [0, 0.05) is 19.2 Å². The predicted octanol–water partition coefficient (Wildman–Crippen LogP) is 2.67. The first-order chi connectivity index (χ1) is 9.43. The van der Waals surface area contributed by atoms with Crippen LogP contribution < -0.4 is 10.1 Å². The number of amides is 2. The van der Waals surface area contributed by atoms with Crippen LogP contribution in [0.15, 0.2) is 12.1 Å². The van der Waals surface area contributed by atoms with Crippen molar-refractivity contribution in [3.8, 4) is 5.75 Å². The van der Waals surface area contributed by atoms with Crippen LogP contribution >= 0.6 is 11.6 Å². The van der Waals surface area contributed by atoms with Crippen LogP contribution in [0.5, 0.6) is 5.75 Å². The van der Waals surface area contributed by atoms with Crippen molar-refractivity contribution in [1.29, 1.82) is 0 Å². The van der Waals surface area contributed by atoms with Gasteiger partial charge in [-0.15, -0.1) is 0 Å². The highest BCUT2D eigenvalue weighted by molar-refractivity contribution is 6.34. The summed E-state index contributed by atoms with van der Waals surface area (Å²) in [6, 6.07) is 2.66.